The first kappa shape index (κ1) is 22.5. The van der Waals surface area contributed by atoms with Crippen molar-refractivity contribution in [1.82, 2.24) is 9.97 Å². The van der Waals surface area contributed by atoms with Gasteiger partial charge in [-0.15, -0.1) is 11.3 Å². The van der Waals surface area contributed by atoms with Crippen LogP contribution in [0.25, 0.3) is 10.6 Å². The molecule has 172 valence electrons. The molecule has 8 heteroatoms. The number of anilines is 2. The van der Waals surface area contributed by atoms with Crippen LogP contribution in [-0.4, -0.2) is 34.1 Å². The summed E-state index contributed by atoms with van der Waals surface area (Å²) >= 11 is 7.35. The molecule has 1 amide bonds. The lowest BCUT2D eigenvalue weighted by atomic mass is 9.84. The summed E-state index contributed by atoms with van der Waals surface area (Å²) in [5.41, 5.74) is 2.04. The number of nitrogens with zero attached hydrogens (tertiary/aromatic N) is 3. The van der Waals surface area contributed by atoms with Crippen molar-refractivity contribution in [2.45, 2.75) is 18.4 Å². The highest BCUT2D eigenvalue weighted by Crippen LogP contribution is 2.34. The van der Waals surface area contributed by atoms with Gasteiger partial charge in [0.25, 0.3) is 5.91 Å². The van der Waals surface area contributed by atoms with Crippen LogP contribution in [0, 0.1) is 0 Å². The normalized spacial score (nSPS) is 15.2. The Hall–Kier alpha value is -3.26. The number of thiazole rings is 1. The fourth-order valence-electron chi connectivity index (χ4n) is 4.09. The summed E-state index contributed by atoms with van der Waals surface area (Å²) in [5.74, 6) is 0.545. The Labute approximate surface area is 206 Å². The highest BCUT2D eigenvalue weighted by atomic mass is 35.5. The van der Waals surface area contributed by atoms with Crippen molar-refractivity contribution in [1.29, 1.82) is 0 Å². The molecular formula is C26H23ClN4O2S. The number of amides is 1. The lowest BCUT2D eigenvalue weighted by molar-refractivity contribution is 0.0116. The maximum Gasteiger partial charge on any atom is 0.275 e. The first-order valence-corrected chi connectivity index (χ1v) is 12.3. The number of hydrogen-bond donors (Lipinski definition) is 2. The molecule has 0 spiro atoms. The van der Waals surface area contributed by atoms with Gasteiger partial charge in [0, 0.05) is 29.1 Å². The summed E-state index contributed by atoms with van der Waals surface area (Å²) in [6.07, 6.45) is 2.92. The van der Waals surface area contributed by atoms with E-state index in [-0.39, 0.29) is 5.91 Å². The van der Waals surface area contributed by atoms with E-state index in [2.05, 4.69) is 20.2 Å². The van der Waals surface area contributed by atoms with E-state index in [0.29, 0.717) is 42.3 Å². The average Bonchev–Trinajstić information content (AvgIpc) is 3.37. The molecule has 4 aromatic rings. The molecule has 0 unspecified atom stereocenters. The zero-order valence-corrected chi connectivity index (χ0v) is 19.9. The Bertz CT molecular complexity index is 1270. The summed E-state index contributed by atoms with van der Waals surface area (Å²) in [4.78, 5) is 23.8. The molecule has 5 rings (SSSR count). The van der Waals surface area contributed by atoms with Crippen molar-refractivity contribution in [3.63, 3.8) is 0 Å². The van der Waals surface area contributed by atoms with Crippen molar-refractivity contribution in [3.8, 4) is 10.6 Å². The second-order valence-electron chi connectivity index (χ2n) is 8.29. The van der Waals surface area contributed by atoms with Crippen LogP contribution in [0.3, 0.4) is 0 Å². The Morgan fingerprint density at radius 3 is 2.44 bits per heavy atom. The number of hydrogen-bond acceptors (Lipinski definition) is 6. The van der Waals surface area contributed by atoms with Crippen molar-refractivity contribution in [2.24, 2.45) is 0 Å². The van der Waals surface area contributed by atoms with E-state index in [1.165, 1.54) is 11.3 Å². The first-order chi connectivity index (χ1) is 16.5. The minimum absolute atomic E-state index is 0.281. The molecule has 6 nitrogen and oxygen atoms in total. The summed E-state index contributed by atoms with van der Waals surface area (Å²) in [6, 6.07) is 20.9. The van der Waals surface area contributed by atoms with Gasteiger partial charge < -0.3 is 15.3 Å². The summed E-state index contributed by atoms with van der Waals surface area (Å²) in [5, 5.41) is 17.1. The van der Waals surface area contributed by atoms with E-state index in [0.717, 1.165) is 22.0 Å². The summed E-state index contributed by atoms with van der Waals surface area (Å²) < 4.78 is 0. The molecule has 0 aliphatic carbocycles. The second kappa shape index (κ2) is 9.54. The van der Waals surface area contributed by atoms with Crippen molar-refractivity contribution >= 4 is 40.4 Å². The largest absolute Gasteiger partial charge is 0.385 e. The third kappa shape index (κ3) is 4.82. The Morgan fingerprint density at radius 1 is 1.03 bits per heavy atom. The van der Waals surface area contributed by atoms with Crippen molar-refractivity contribution in [3.05, 3.63) is 94.6 Å². The van der Waals surface area contributed by atoms with Crippen LogP contribution in [-0.2, 0) is 5.60 Å². The third-order valence-electron chi connectivity index (χ3n) is 6.06. The van der Waals surface area contributed by atoms with Gasteiger partial charge in [0.1, 0.15) is 16.5 Å². The molecule has 1 fully saturated rings. The van der Waals surface area contributed by atoms with E-state index >= 15 is 0 Å². The van der Waals surface area contributed by atoms with E-state index in [4.69, 9.17) is 11.6 Å². The van der Waals surface area contributed by atoms with Gasteiger partial charge >= 0.3 is 0 Å². The van der Waals surface area contributed by atoms with Crippen LogP contribution in [0.5, 0.6) is 0 Å². The van der Waals surface area contributed by atoms with Crippen molar-refractivity contribution < 1.29 is 9.90 Å². The maximum atomic E-state index is 12.7. The SMILES string of the molecule is O=C(Nc1ccc(N2CCC(O)(c3ccccc3)CC2)nc1)c1csc(-c2ccc(Cl)cc2)n1. The molecule has 0 atom stereocenters. The van der Waals surface area contributed by atoms with Gasteiger partial charge in [-0.05, 0) is 42.7 Å². The molecule has 34 heavy (non-hydrogen) atoms. The lowest BCUT2D eigenvalue weighted by Crippen LogP contribution is -2.42. The van der Waals surface area contributed by atoms with Gasteiger partial charge in [0.15, 0.2) is 0 Å². The fourth-order valence-corrected chi connectivity index (χ4v) is 5.02. The number of nitrogens with one attached hydrogen (secondary N) is 1. The highest BCUT2D eigenvalue weighted by molar-refractivity contribution is 7.13. The number of carbonyl (C=O) groups is 1. The number of halogens is 1. The Kier molecular flexibility index (Phi) is 6.32. The van der Waals surface area contributed by atoms with E-state index in [1.54, 1.807) is 23.7 Å². The molecule has 0 bridgehead atoms. The molecule has 0 saturated carbocycles. The molecular weight excluding hydrogens is 468 g/mol. The topological polar surface area (TPSA) is 78.4 Å². The quantitative estimate of drug-likeness (QED) is 0.381. The van der Waals surface area contributed by atoms with Gasteiger partial charge in [-0.3, -0.25) is 4.79 Å². The van der Waals surface area contributed by atoms with Crippen LogP contribution in [0.4, 0.5) is 11.5 Å². The summed E-state index contributed by atoms with van der Waals surface area (Å²) in [7, 11) is 0. The van der Waals surface area contributed by atoms with Crippen LogP contribution >= 0.6 is 22.9 Å². The first-order valence-electron chi connectivity index (χ1n) is 11.0. The molecule has 2 aromatic carbocycles. The molecule has 1 aliphatic rings. The highest BCUT2D eigenvalue weighted by Gasteiger charge is 2.34. The monoisotopic (exact) mass is 490 g/mol. The number of carbonyl (C=O) groups excluding carboxylic acids is 1. The molecule has 3 heterocycles. The number of aliphatic hydroxyl groups is 1. The molecule has 1 saturated heterocycles. The van der Waals surface area contributed by atoms with Crippen LogP contribution in [0.15, 0.2) is 78.3 Å². The van der Waals surface area contributed by atoms with Gasteiger partial charge in [0.05, 0.1) is 17.5 Å². The smallest absolute Gasteiger partial charge is 0.275 e. The van der Waals surface area contributed by atoms with Gasteiger partial charge in [-0.1, -0.05) is 54.1 Å². The fraction of sp³-hybridized carbons (Fsp3) is 0.192. The molecule has 2 aromatic heterocycles. The number of rotatable bonds is 5. The average molecular weight is 491 g/mol. The predicted molar refractivity (Wildman–Crippen MR) is 137 cm³/mol. The minimum Gasteiger partial charge on any atom is -0.385 e. The molecule has 2 N–H and O–H groups in total. The Balaban J connectivity index is 1.20. The number of piperidine rings is 1. The molecule has 0 radical (unpaired) electrons. The van der Waals surface area contributed by atoms with Crippen LogP contribution in [0.2, 0.25) is 5.02 Å². The number of pyridine rings is 1. The maximum absolute atomic E-state index is 12.7. The minimum atomic E-state index is -0.802. The van der Waals surface area contributed by atoms with Crippen LogP contribution < -0.4 is 10.2 Å². The van der Waals surface area contributed by atoms with Gasteiger partial charge in [-0.25, -0.2) is 9.97 Å². The molecule has 1 aliphatic heterocycles. The van der Waals surface area contributed by atoms with E-state index in [9.17, 15) is 9.90 Å². The van der Waals surface area contributed by atoms with Gasteiger partial charge in [-0.2, -0.15) is 0 Å². The van der Waals surface area contributed by atoms with Crippen molar-refractivity contribution in [2.75, 3.05) is 23.3 Å². The third-order valence-corrected chi connectivity index (χ3v) is 7.20. The number of benzene rings is 2. The zero-order valence-electron chi connectivity index (χ0n) is 18.3. The second-order valence-corrected chi connectivity index (χ2v) is 9.58. The summed E-state index contributed by atoms with van der Waals surface area (Å²) in [6.45, 7) is 1.41. The van der Waals surface area contributed by atoms with Gasteiger partial charge in [0.2, 0.25) is 0 Å². The lowest BCUT2D eigenvalue weighted by Gasteiger charge is -2.39. The van der Waals surface area contributed by atoms with E-state index in [1.807, 2.05) is 54.6 Å². The Morgan fingerprint density at radius 2 is 1.76 bits per heavy atom. The number of aromatic nitrogens is 2. The predicted octanol–water partition coefficient (Wildman–Crippen LogP) is 5.60. The van der Waals surface area contributed by atoms with E-state index < -0.39 is 5.60 Å². The van der Waals surface area contributed by atoms with Crippen LogP contribution in [0.1, 0.15) is 28.9 Å². The standard InChI is InChI=1S/C26H23ClN4O2S/c27-20-8-6-18(7-9-20)25-30-22(17-34-25)24(32)29-21-10-11-23(28-16-21)31-14-12-26(33,13-15-31)19-4-2-1-3-5-19/h1-11,16-17,33H,12-15H2,(H,29,32). The zero-order chi connectivity index (χ0) is 23.5.